The highest BCUT2D eigenvalue weighted by atomic mass is 16.5. The average Bonchev–Trinajstić information content (AvgIpc) is 2.36. The smallest absolute Gasteiger partial charge is 0.0896 e. The van der Waals surface area contributed by atoms with E-state index in [2.05, 4.69) is 17.1 Å². The molecule has 0 aliphatic rings. The molecule has 1 aromatic carbocycles. The van der Waals surface area contributed by atoms with Crippen LogP contribution < -0.4 is 5.73 Å². The Labute approximate surface area is 102 Å². The van der Waals surface area contributed by atoms with Gasteiger partial charge in [0.15, 0.2) is 0 Å². The van der Waals surface area contributed by atoms with Gasteiger partial charge in [-0.2, -0.15) is 0 Å². The fraction of sp³-hybridized carbons (Fsp3) is 0.357. The molecule has 1 aromatic heterocycles. The van der Waals surface area contributed by atoms with Crippen molar-refractivity contribution in [1.29, 1.82) is 0 Å². The number of benzene rings is 1. The van der Waals surface area contributed by atoms with Crippen molar-refractivity contribution < 1.29 is 4.74 Å². The number of aromatic nitrogens is 1. The molecule has 1 heterocycles. The molecule has 0 bridgehead atoms. The quantitative estimate of drug-likeness (QED) is 0.877. The molecule has 0 aliphatic carbocycles. The van der Waals surface area contributed by atoms with Crippen LogP contribution in [-0.2, 0) is 11.3 Å². The summed E-state index contributed by atoms with van der Waals surface area (Å²) in [6.45, 7) is 4.96. The highest BCUT2D eigenvalue weighted by molar-refractivity contribution is 5.78. The van der Waals surface area contributed by atoms with Crippen LogP contribution in [0.3, 0.4) is 0 Å². The van der Waals surface area contributed by atoms with Crippen LogP contribution in [0.1, 0.15) is 19.5 Å². The lowest BCUT2D eigenvalue weighted by molar-refractivity contribution is -0.0235. The fourth-order valence-corrected chi connectivity index (χ4v) is 1.52. The van der Waals surface area contributed by atoms with Crippen LogP contribution in [0.4, 0.5) is 0 Å². The normalized spacial score (nSPS) is 11.9. The first-order valence-electron chi connectivity index (χ1n) is 5.79. The second kappa shape index (κ2) is 4.82. The van der Waals surface area contributed by atoms with Crippen molar-refractivity contribution in [3.05, 3.63) is 42.1 Å². The van der Waals surface area contributed by atoms with Gasteiger partial charge in [-0.1, -0.05) is 24.3 Å². The molecule has 2 rings (SSSR count). The third-order valence-corrected chi connectivity index (χ3v) is 2.76. The Bertz CT molecular complexity index is 508. The number of para-hydroxylation sites is 1. The van der Waals surface area contributed by atoms with Crippen LogP contribution in [0, 0.1) is 0 Å². The number of ether oxygens (including phenoxy) is 1. The van der Waals surface area contributed by atoms with Crippen LogP contribution in [-0.4, -0.2) is 17.1 Å². The van der Waals surface area contributed by atoms with Gasteiger partial charge >= 0.3 is 0 Å². The summed E-state index contributed by atoms with van der Waals surface area (Å²) in [5.74, 6) is 0. The minimum absolute atomic E-state index is 0.298. The molecule has 2 N–H and O–H groups in total. The Balaban J connectivity index is 2.14. The molecule has 17 heavy (non-hydrogen) atoms. The van der Waals surface area contributed by atoms with Gasteiger partial charge in [0.1, 0.15) is 0 Å². The molecule has 0 spiro atoms. The molecule has 3 nitrogen and oxygen atoms in total. The largest absolute Gasteiger partial charge is 0.368 e. The summed E-state index contributed by atoms with van der Waals surface area (Å²) < 4.78 is 5.73. The number of nitrogens with two attached hydrogens (primary N) is 1. The highest BCUT2D eigenvalue weighted by Gasteiger charge is 2.15. The maximum absolute atomic E-state index is 5.73. The van der Waals surface area contributed by atoms with Crippen molar-refractivity contribution in [1.82, 2.24) is 4.98 Å². The lowest BCUT2D eigenvalue weighted by Gasteiger charge is -2.22. The van der Waals surface area contributed by atoms with E-state index in [1.807, 2.05) is 38.1 Å². The Morgan fingerprint density at radius 3 is 2.71 bits per heavy atom. The standard InChI is InChI=1S/C14H18N2O/c1-14(2,10-15)17-9-12-8-7-11-5-3-4-6-13(11)16-12/h3-8H,9-10,15H2,1-2H3. The van der Waals surface area contributed by atoms with Crippen molar-refractivity contribution in [2.45, 2.75) is 26.1 Å². The fourth-order valence-electron chi connectivity index (χ4n) is 1.52. The number of fused-ring (bicyclic) bond motifs is 1. The Kier molecular flexibility index (Phi) is 3.41. The number of nitrogens with zero attached hydrogens (tertiary/aromatic N) is 1. The molecule has 2 aromatic rings. The predicted octanol–water partition coefficient (Wildman–Crippen LogP) is 2.49. The minimum atomic E-state index is -0.298. The number of hydrogen-bond acceptors (Lipinski definition) is 3. The molecule has 0 aliphatic heterocycles. The van der Waals surface area contributed by atoms with Gasteiger partial charge in [0.2, 0.25) is 0 Å². The van der Waals surface area contributed by atoms with Gasteiger partial charge in [-0.25, -0.2) is 0 Å². The predicted molar refractivity (Wildman–Crippen MR) is 69.7 cm³/mol. The molecule has 0 fully saturated rings. The number of rotatable bonds is 4. The summed E-state index contributed by atoms with van der Waals surface area (Å²) in [7, 11) is 0. The van der Waals surface area contributed by atoms with Crippen LogP contribution in [0.15, 0.2) is 36.4 Å². The number of hydrogen-bond donors (Lipinski definition) is 1. The van der Waals surface area contributed by atoms with Crippen LogP contribution in [0.25, 0.3) is 10.9 Å². The van der Waals surface area contributed by atoms with E-state index in [0.29, 0.717) is 13.2 Å². The lowest BCUT2D eigenvalue weighted by atomic mass is 10.1. The first-order chi connectivity index (χ1) is 8.11. The van der Waals surface area contributed by atoms with E-state index >= 15 is 0 Å². The van der Waals surface area contributed by atoms with Gasteiger partial charge in [-0.15, -0.1) is 0 Å². The van der Waals surface area contributed by atoms with Gasteiger partial charge in [-0.3, -0.25) is 4.98 Å². The van der Waals surface area contributed by atoms with E-state index in [4.69, 9.17) is 10.5 Å². The Morgan fingerprint density at radius 1 is 1.18 bits per heavy atom. The third kappa shape index (κ3) is 3.02. The van der Waals surface area contributed by atoms with Gasteiger partial charge < -0.3 is 10.5 Å². The molecular weight excluding hydrogens is 212 g/mol. The van der Waals surface area contributed by atoms with Crippen LogP contribution in [0.5, 0.6) is 0 Å². The molecule has 0 amide bonds. The van der Waals surface area contributed by atoms with E-state index in [9.17, 15) is 0 Å². The highest BCUT2D eigenvalue weighted by Crippen LogP contribution is 2.14. The van der Waals surface area contributed by atoms with E-state index < -0.39 is 0 Å². The topological polar surface area (TPSA) is 48.1 Å². The van der Waals surface area contributed by atoms with Crippen molar-refractivity contribution in [3.8, 4) is 0 Å². The lowest BCUT2D eigenvalue weighted by Crippen LogP contribution is -2.33. The van der Waals surface area contributed by atoms with Crippen LogP contribution >= 0.6 is 0 Å². The summed E-state index contributed by atoms with van der Waals surface area (Å²) in [6, 6.07) is 12.1. The Morgan fingerprint density at radius 2 is 1.94 bits per heavy atom. The molecule has 0 radical (unpaired) electrons. The van der Waals surface area contributed by atoms with Gasteiger partial charge in [-0.05, 0) is 26.0 Å². The van der Waals surface area contributed by atoms with Crippen molar-refractivity contribution >= 4 is 10.9 Å². The van der Waals surface area contributed by atoms with E-state index in [1.54, 1.807) is 0 Å². The molecule has 0 saturated carbocycles. The maximum atomic E-state index is 5.73. The zero-order valence-electron chi connectivity index (χ0n) is 10.3. The summed E-state index contributed by atoms with van der Waals surface area (Å²) in [5.41, 5.74) is 7.25. The molecular formula is C14H18N2O. The number of pyridine rings is 1. The SMILES string of the molecule is CC(C)(CN)OCc1ccc2ccccc2n1. The zero-order chi connectivity index (χ0) is 12.3. The summed E-state index contributed by atoms with van der Waals surface area (Å²) in [6.07, 6.45) is 0. The summed E-state index contributed by atoms with van der Waals surface area (Å²) in [4.78, 5) is 4.55. The van der Waals surface area contributed by atoms with Crippen molar-refractivity contribution in [2.75, 3.05) is 6.54 Å². The van der Waals surface area contributed by atoms with Gasteiger partial charge in [0, 0.05) is 11.9 Å². The maximum Gasteiger partial charge on any atom is 0.0896 e. The second-order valence-electron chi connectivity index (χ2n) is 4.75. The minimum Gasteiger partial charge on any atom is -0.368 e. The summed E-state index contributed by atoms with van der Waals surface area (Å²) >= 11 is 0. The van der Waals surface area contributed by atoms with Crippen LogP contribution in [0.2, 0.25) is 0 Å². The van der Waals surface area contributed by atoms with E-state index in [1.165, 1.54) is 0 Å². The van der Waals surface area contributed by atoms with Gasteiger partial charge in [0.05, 0.1) is 23.4 Å². The zero-order valence-corrected chi connectivity index (χ0v) is 10.3. The average molecular weight is 230 g/mol. The molecule has 0 atom stereocenters. The molecule has 90 valence electrons. The Hall–Kier alpha value is -1.45. The second-order valence-corrected chi connectivity index (χ2v) is 4.75. The molecule has 0 unspecified atom stereocenters. The monoisotopic (exact) mass is 230 g/mol. The van der Waals surface area contributed by atoms with Crippen molar-refractivity contribution in [2.24, 2.45) is 5.73 Å². The summed E-state index contributed by atoms with van der Waals surface area (Å²) in [5, 5.41) is 1.15. The van der Waals surface area contributed by atoms with Crippen molar-refractivity contribution in [3.63, 3.8) is 0 Å². The third-order valence-electron chi connectivity index (χ3n) is 2.76. The molecule has 3 heteroatoms. The first kappa shape index (κ1) is 12.0. The van der Waals surface area contributed by atoms with E-state index in [-0.39, 0.29) is 5.60 Å². The first-order valence-corrected chi connectivity index (χ1v) is 5.79. The van der Waals surface area contributed by atoms with E-state index in [0.717, 1.165) is 16.6 Å². The van der Waals surface area contributed by atoms with Gasteiger partial charge in [0.25, 0.3) is 0 Å². The molecule has 0 saturated heterocycles.